The fraction of sp³-hybridized carbons (Fsp3) is 0.400. The SMILES string of the molecule is CCc1ccc(N2C[C@@H](C(=O)OCC(=O)Nc3ccc(C(C)(C)C)cc3)CC2=O)cc1. The third-order valence-electron chi connectivity index (χ3n) is 5.49. The van der Waals surface area contributed by atoms with Gasteiger partial charge in [0.2, 0.25) is 5.91 Å². The van der Waals surface area contributed by atoms with Crippen LogP contribution in [-0.4, -0.2) is 30.9 Å². The molecule has 0 unspecified atom stereocenters. The lowest BCUT2D eigenvalue weighted by molar-refractivity contribution is -0.151. The molecular formula is C25H30N2O4. The first-order valence-electron chi connectivity index (χ1n) is 10.6. The van der Waals surface area contributed by atoms with Crippen LogP contribution in [-0.2, 0) is 31.0 Å². The number of carbonyl (C=O) groups excluding carboxylic acids is 3. The van der Waals surface area contributed by atoms with Crippen molar-refractivity contribution >= 4 is 29.2 Å². The number of hydrogen-bond donors (Lipinski definition) is 1. The van der Waals surface area contributed by atoms with Crippen molar-refractivity contribution in [1.29, 1.82) is 0 Å². The molecule has 1 aliphatic rings. The Kier molecular flexibility index (Phi) is 6.78. The van der Waals surface area contributed by atoms with Crippen molar-refractivity contribution < 1.29 is 19.1 Å². The standard InChI is InChI=1S/C25H30N2O4/c1-5-17-6-12-21(13-7-17)27-15-18(14-23(27)29)24(30)31-16-22(28)26-20-10-8-19(9-11-20)25(2,3)4/h6-13,18H,5,14-16H2,1-4H3,(H,26,28)/t18-/m0/s1. The van der Waals surface area contributed by atoms with Crippen molar-refractivity contribution in [1.82, 2.24) is 0 Å². The number of nitrogens with zero attached hydrogens (tertiary/aromatic N) is 1. The second kappa shape index (κ2) is 9.33. The lowest BCUT2D eigenvalue weighted by atomic mass is 9.87. The van der Waals surface area contributed by atoms with Crippen LogP contribution >= 0.6 is 0 Å². The summed E-state index contributed by atoms with van der Waals surface area (Å²) in [5.41, 5.74) is 3.80. The lowest BCUT2D eigenvalue weighted by Crippen LogP contribution is -2.28. The lowest BCUT2D eigenvalue weighted by Gasteiger charge is -2.19. The highest BCUT2D eigenvalue weighted by molar-refractivity contribution is 6.00. The molecule has 164 valence electrons. The van der Waals surface area contributed by atoms with Gasteiger partial charge in [0.15, 0.2) is 6.61 Å². The third-order valence-corrected chi connectivity index (χ3v) is 5.49. The van der Waals surface area contributed by atoms with Gasteiger partial charge in [0, 0.05) is 24.3 Å². The molecule has 0 aromatic heterocycles. The van der Waals surface area contributed by atoms with Crippen LogP contribution in [0.3, 0.4) is 0 Å². The summed E-state index contributed by atoms with van der Waals surface area (Å²) in [5, 5.41) is 2.73. The Hall–Kier alpha value is -3.15. The number of aryl methyl sites for hydroxylation is 1. The van der Waals surface area contributed by atoms with E-state index < -0.39 is 17.8 Å². The van der Waals surface area contributed by atoms with Crippen molar-refractivity contribution in [3.05, 3.63) is 59.7 Å². The first-order chi connectivity index (χ1) is 14.7. The van der Waals surface area contributed by atoms with Gasteiger partial charge >= 0.3 is 5.97 Å². The van der Waals surface area contributed by atoms with E-state index >= 15 is 0 Å². The molecule has 1 heterocycles. The van der Waals surface area contributed by atoms with Crippen molar-refractivity contribution in [3.63, 3.8) is 0 Å². The number of hydrogen-bond acceptors (Lipinski definition) is 4. The van der Waals surface area contributed by atoms with E-state index in [2.05, 4.69) is 33.0 Å². The molecule has 31 heavy (non-hydrogen) atoms. The van der Waals surface area contributed by atoms with Crippen molar-refractivity contribution in [2.45, 2.75) is 46.0 Å². The van der Waals surface area contributed by atoms with Crippen molar-refractivity contribution in [3.8, 4) is 0 Å². The summed E-state index contributed by atoms with van der Waals surface area (Å²) < 4.78 is 5.18. The normalized spacial score (nSPS) is 16.3. The van der Waals surface area contributed by atoms with Crippen LogP contribution < -0.4 is 10.2 Å². The van der Waals surface area contributed by atoms with Crippen LogP contribution in [0, 0.1) is 5.92 Å². The Labute approximate surface area is 183 Å². The number of ether oxygens (including phenoxy) is 1. The molecule has 6 heteroatoms. The van der Waals surface area contributed by atoms with Crippen LogP contribution in [0.1, 0.15) is 45.2 Å². The Balaban J connectivity index is 1.50. The van der Waals surface area contributed by atoms with Crippen LogP contribution in [0.5, 0.6) is 0 Å². The second-order valence-electron chi connectivity index (χ2n) is 8.91. The monoisotopic (exact) mass is 422 g/mol. The Bertz CT molecular complexity index is 943. The average molecular weight is 423 g/mol. The zero-order valence-electron chi connectivity index (χ0n) is 18.6. The molecule has 6 nitrogen and oxygen atoms in total. The predicted octanol–water partition coefficient (Wildman–Crippen LogP) is 4.08. The van der Waals surface area contributed by atoms with Gasteiger partial charge in [-0.05, 0) is 47.2 Å². The Morgan fingerprint density at radius 2 is 1.71 bits per heavy atom. The molecule has 2 aromatic carbocycles. The maximum absolute atomic E-state index is 12.4. The van der Waals surface area contributed by atoms with E-state index in [9.17, 15) is 14.4 Å². The average Bonchev–Trinajstić information content (AvgIpc) is 3.13. The van der Waals surface area contributed by atoms with E-state index in [4.69, 9.17) is 4.74 Å². The zero-order chi connectivity index (χ0) is 22.6. The summed E-state index contributed by atoms with van der Waals surface area (Å²) in [4.78, 5) is 38.5. The second-order valence-corrected chi connectivity index (χ2v) is 8.91. The molecule has 2 amide bonds. The summed E-state index contributed by atoms with van der Waals surface area (Å²) in [5.74, 6) is -1.63. The van der Waals surface area contributed by atoms with Gasteiger partial charge in [-0.25, -0.2) is 0 Å². The molecule has 0 saturated carbocycles. The van der Waals surface area contributed by atoms with Crippen molar-refractivity contribution in [2.75, 3.05) is 23.4 Å². The topological polar surface area (TPSA) is 75.7 Å². The summed E-state index contributed by atoms with van der Waals surface area (Å²) in [6, 6.07) is 15.3. The van der Waals surface area contributed by atoms with Gasteiger partial charge in [-0.2, -0.15) is 0 Å². The largest absolute Gasteiger partial charge is 0.455 e. The minimum absolute atomic E-state index is 0.0305. The molecule has 2 aromatic rings. The first-order valence-corrected chi connectivity index (χ1v) is 10.6. The highest BCUT2D eigenvalue weighted by Gasteiger charge is 2.36. The van der Waals surface area contributed by atoms with E-state index in [0.29, 0.717) is 5.69 Å². The Morgan fingerprint density at radius 3 is 2.29 bits per heavy atom. The zero-order valence-corrected chi connectivity index (χ0v) is 18.6. The third kappa shape index (κ3) is 5.72. The van der Waals surface area contributed by atoms with Gasteiger partial charge in [-0.15, -0.1) is 0 Å². The smallest absolute Gasteiger partial charge is 0.311 e. The summed E-state index contributed by atoms with van der Waals surface area (Å²) in [6.45, 7) is 8.31. The molecule has 0 bridgehead atoms. The van der Waals surface area contributed by atoms with Gasteiger partial charge in [0.1, 0.15) is 0 Å². The molecule has 1 atom stereocenters. The van der Waals surface area contributed by atoms with E-state index in [0.717, 1.165) is 17.7 Å². The van der Waals surface area contributed by atoms with Gasteiger partial charge < -0.3 is 15.0 Å². The van der Waals surface area contributed by atoms with E-state index in [1.54, 1.807) is 4.90 Å². The number of rotatable bonds is 6. The van der Waals surface area contributed by atoms with Gasteiger partial charge in [-0.3, -0.25) is 14.4 Å². The maximum atomic E-state index is 12.4. The number of amides is 2. The van der Waals surface area contributed by atoms with Gasteiger partial charge in [0.25, 0.3) is 5.91 Å². The highest BCUT2D eigenvalue weighted by Crippen LogP contribution is 2.26. The summed E-state index contributed by atoms with van der Waals surface area (Å²) in [6.07, 6.45) is 1.01. The van der Waals surface area contributed by atoms with Crippen LogP contribution in [0.2, 0.25) is 0 Å². The number of nitrogens with one attached hydrogen (secondary N) is 1. The number of benzene rings is 2. The fourth-order valence-electron chi connectivity index (χ4n) is 3.53. The maximum Gasteiger partial charge on any atom is 0.311 e. The van der Waals surface area contributed by atoms with Gasteiger partial charge in [-0.1, -0.05) is 52.0 Å². The molecule has 1 saturated heterocycles. The molecule has 1 aliphatic heterocycles. The van der Waals surface area contributed by atoms with E-state index in [1.807, 2.05) is 48.5 Å². The first kappa shape index (κ1) is 22.5. The van der Waals surface area contributed by atoms with Crippen LogP contribution in [0.15, 0.2) is 48.5 Å². The van der Waals surface area contributed by atoms with Gasteiger partial charge in [0.05, 0.1) is 5.92 Å². The van der Waals surface area contributed by atoms with E-state index in [1.165, 1.54) is 5.56 Å². The fourth-order valence-corrected chi connectivity index (χ4v) is 3.53. The minimum atomic E-state index is -0.572. The quantitative estimate of drug-likeness (QED) is 0.712. The highest BCUT2D eigenvalue weighted by atomic mass is 16.5. The molecule has 0 radical (unpaired) electrons. The van der Waals surface area contributed by atoms with Crippen LogP contribution in [0.25, 0.3) is 0 Å². The Morgan fingerprint density at radius 1 is 1.06 bits per heavy atom. The number of esters is 1. The molecule has 0 spiro atoms. The molecule has 1 N–H and O–H groups in total. The number of anilines is 2. The summed E-state index contributed by atoms with van der Waals surface area (Å²) >= 11 is 0. The van der Waals surface area contributed by atoms with Crippen molar-refractivity contribution in [2.24, 2.45) is 5.92 Å². The molecule has 1 fully saturated rings. The minimum Gasteiger partial charge on any atom is -0.455 e. The van der Waals surface area contributed by atoms with Crippen LogP contribution in [0.4, 0.5) is 11.4 Å². The van der Waals surface area contributed by atoms with E-state index in [-0.39, 0.29) is 30.9 Å². The molecule has 0 aliphatic carbocycles. The summed E-state index contributed by atoms with van der Waals surface area (Å²) in [7, 11) is 0. The predicted molar refractivity (Wildman–Crippen MR) is 121 cm³/mol. The molecule has 3 rings (SSSR count). The molecular weight excluding hydrogens is 392 g/mol. The number of carbonyl (C=O) groups is 3.